The maximum absolute atomic E-state index is 13.8. The highest BCUT2D eigenvalue weighted by atomic mass is 19.1. The topological polar surface area (TPSA) is 82.5 Å². The van der Waals surface area contributed by atoms with E-state index in [0.29, 0.717) is 28.8 Å². The van der Waals surface area contributed by atoms with Crippen molar-refractivity contribution >= 4 is 11.6 Å². The van der Waals surface area contributed by atoms with Gasteiger partial charge in [0.15, 0.2) is 11.5 Å². The van der Waals surface area contributed by atoms with Gasteiger partial charge in [0, 0.05) is 17.7 Å². The van der Waals surface area contributed by atoms with Gasteiger partial charge in [0.2, 0.25) is 12.7 Å². The number of hydrogen-bond donors (Lipinski definition) is 1. The van der Waals surface area contributed by atoms with Gasteiger partial charge in [-0.2, -0.15) is 5.10 Å². The van der Waals surface area contributed by atoms with Crippen molar-refractivity contribution in [3.05, 3.63) is 70.5 Å². The molecule has 4 rings (SSSR count). The van der Waals surface area contributed by atoms with E-state index in [1.54, 1.807) is 18.2 Å². The largest absolute Gasteiger partial charge is 0.454 e. The fourth-order valence-corrected chi connectivity index (χ4v) is 2.85. The molecule has 1 aliphatic rings. The van der Waals surface area contributed by atoms with E-state index in [0.717, 1.165) is 16.8 Å². The number of halogens is 2. The Balaban J connectivity index is 1.61. The summed E-state index contributed by atoms with van der Waals surface area (Å²) in [6, 6.07) is 9.76. The number of amides is 1. The van der Waals surface area contributed by atoms with Crippen LogP contribution in [0.25, 0.3) is 11.3 Å². The summed E-state index contributed by atoms with van der Waals surface area (Å²) in [5.74, 6) is -1.19. The van der Waals surface area contributed by atoms with Gasteiger partial charge in [-0.1, -0.05) is 0 Å². The molecule has 148 valence electrons. The van der Waals surface area contributed by atoms with Crippen LogP contribution in [0.3, 0.4) is 0 Å². The van der Waals surface area contributed by atoms with Crippen molar-refractivity contribution < 1.29 is 23.0 Å². The van der Waals surface area contributed by atoms with Crippen LogP contribution in [0.4, 0.5) is 14.5 Å². The van der Waals surface area contributed by atoms with E-state index < -0.39 is 29.1 Å². The number of nitrogens with zero attached hydrogens (tertiary/aromatic N) is 2. The normalized spacial score (nSPS) is 13.2. The predicted molar refractivity (Wildman–Crippen MR) is 99.8 cm³/mol. The zero-order valence-electron chi connectivity index (χ0n) is 15.2. The Morgan fingerprint density at radius 1 is 1.10 bits per heavy atom. The Labute approximate surface area is 163 Å². The van der Waals surface area contributed by atoms with E-state index in [-0.39, 0.29) is 12.5 Å². The lowest BCUT2D eigenvalue weighted by Crippen LogP contribution is -2.33. The van der Waals surface area contributed by atoms with Crippen molar-refractivity contribution in [2.75, 3.05) is 12.1 Å². The van der Waals surface area contributed by atoms with Gasteiger partial charge in [0.1, 0.15) is 17.7 Å². The van der Waals surface area contributed by atoms with Gasteiger partial charge in [-0.05, 0) is 43.3 Å². The van der Waals surface area contributed by atoms with Crippen molar-refractivity contribution in [3.8, 4) is 22.8 Å². The van der Waals surface area contributed by atoms with Crippen LogP contribution in [0.1, 0.15) is 13.0 Å². The first-order valence-corrected chi connectivity index (χ1v) is 8.68. The van der Waals surface area contributed by atoms with E-state index in [1.807, 2.05) is 0 Å². The molecule has 0 bridgehead atoms. The number of fused-ring (bicyclic) bond motifs is 1. The molecular weight excluding hydrogens is 384 g/mol. The first-order chi connectivity index (χ1) is 13.9. The number of rotatable bonds is 4. The second kappa shape index (κ2) is 7.34. The Bertz CT molecular complexity index is 1160. The number of anilines is 1. The number of hydrogen-bond acceptors (Lipinski definition) is 5. The van der Waals surface area contributed by atoms with E-state index >= 15 is 0 Å². The molecule has 3 aromatic rings. The molecule has 1 aromatic heterocycles. The Morgan fingerprint density at radius 2 is 1.90 bits per heavy atom. The van der Waals surface area contributed by atoms with Crippen LogP contribution in [0.5, 0.6) is 11.5 Å². The SMILES string of the molecule is CC(C(=O)Nc1ccc(F)cc1F)n1nc(-c2ccc3c(c2)OCO3)ccc1=O. The third-order valence-corrected chi connectivity index (χ3v) is 4.43. The third-order valence-electron chi connectivity index (χ3n) is 4.43. The Kier molecular flexibility index (Phi) is 4.71. The highest BCUT2D eigenvalue weighted by Crippen LogP contribution is 2.35. The maximum Gasteiger partial charge on any atom is 0.267 e. The predicted octanol–water partition coefficient (Wildman–Crippen LogP) is 3.12. The van der Waals surface area contributed by atoms with Crippen molar-refractivity contribution in [1.29, 1.82) is 0 Å². The number of nitrogens with one attached hydrogen (secondary N) is 1. The Hall–Kier alpha value is -3.75. The fraction of sp³-hybridized carbons (Fsp3) is 0.150. The zero-order chi connectivity index (χ0) is 20.5. The maximum atomic E-state index is 13.8. The molecule has 29 heavy (non-hydrogen) atoms. The lowest BCUT2D eigenvalue weighted by atomic mass is 10.1. The average molecular weight is 399 g/mol. The zero-order valence-corrected chi connectivity index (χ0v) is 15.2. The van der Waals surface area contributed by atoms with Crippen molar-refractivity contribution in [2.24, 2.45) is 0 Å². The number of carbonyl (C=O) groups excluding carboxylic acids is 1. The van der Waals surface area contributed by atoms with E-state index in [1.165, 1.54) is 19.1 Å². The molecule has 1 atom stereocenters. The number of ether oxygens (including phenoxy) is 2. The first kappa shape index (κ1) is 18.6. The van der Waals surface area contributed by atoms with Gasteiger partial charge >= 0.3 is 0 Å². The molecule has 0 saturated heterocycles. The van der Waals surface area contributed by atoms with E-state index in [9.17, 15) is 18.4 Å². The van der Waals surface area contributed by atoms with Crippen LogP contribution in [0.15, 0.2) is 53.3 Å². The highest BCUT2D eigenvalue weighted by molar-refractivity contribution is 5.93. The lowest BCUT2D eigenvalue weighted by Gasteiger charge is -2.15. The number of benzene rings is 2. The standard InChI is InChI=1S/C20H15F2N3O4/c1-11(20(27)23-16-4-3-13(21)9-14(16)22)25-19(26)7-5-15(24-25)12-2-6-17-18(8-12)29-10-28-17/h2-9,11H,10H2,1H3,(H,23,27). The smallest absolute Gasteiger partial charge is 0.267 e. The minimum Gasteiger partial charge on any atom is -0.454 e. The van der Waals surface area contributed by atoms with Gasteiger partial charge in [-0.15, -0.1) is 0 Å². The summed E-state index contributed by atoms with van der Waals surface area (Å²) in [6.07, 6.45) is 0. The Morgan fingerprint density at radius 3 is 2.69 bits per heavy atom. The van der Waals surface area contributed by atoms with Crippen LogP contribution >= 0.6 is 0 Å². The summed E-state index contributed by atoms with van der Waals surface area (Å²) in [6.45, 7) is 1.58. The third kappa shape index (κ3) is 3.66. The van der Waals surface area contributed by atoms with E-state index in [2.05, 4.69) is 10.4 Å². The highest BCUT2D eigenvalue weighted by Gasteiger charge is 2.20. The van der Waals surface area contributed by atoms with Gasteiger partial charge in [-0.25, -0.2) is 13.5 Å². The molecule has 2 aromatic carbocycles. The molecule has 1 unspecified atom stereocenters. The van der Waals surface area contributed by atoms with Crippen molar-refractivity contribution in [2.45, 2.75) is 13.0 Å². The van der Waals surface area contributed by atoms with Gasteiger partial charge < -0.3 is 14.8 Å². The molecule has 0 fully saturated rings. The van der Waals surface area contributed by atoms with Gasteiger partial charge in [0.05, 0.1) is 11.4 Å². The summed E-state index contributed by atoms with van der Waals surface area (Å²) in [5, 5.41) is 6.60. The van der Waals surface area contributed by atoms with E-state index in [4.69, 9.17) is 9.47 Å². The van der Waals surface area contributed by atoms with Gasteiger partial charge in [-0.3, -0.25) is 9.59 Å². The minimum atomic E-state index is -1.04. The van der Waals surface area contributed by atoms with Crippen LogP contribution in [0.2, 0.25) is 0 Å². The molecule has 0 spiro atoms. The molecule has 0 aliphatic carbocycles. The van der Waals surface area contributed by atoms with Crippen LogP contribution < -0.4 is 20.3 Å². The van der Waals surface area contributed by atoms with Crippen molar-refractivity contribution in [3.63, 3.8) is 0 Å². The molecule has 1 amide bonds. The summed E-state index contributed by atoms with van der Waals surface area (Å²) in [7, 11) is 0. The molecule has 1 aliphatic heterocycles. The second-order valence-corrected chi connectivity index (χ2v) is 6.36. The molecule has 7 nitrogen and oxygen atoms in total. The molecule has 0 saturated carbocycles. The summed E-state index contributed by atoms with van der Waals surface area (Å²) < 4.78 is 38.4. The fourth-order valence-electron chi connectivity index (χ4n) is 2.85. The average Bonchev–Trinajstić information content (AvgIpc) is 3.17. The second-order valence-electron chi connectivity index (χ2n) is 6.36. The molecular formula is C20H15F2N3O4. The van der Waals surface area contributed by atoms with Gasteiger partial charge in [0.25, 0.3) is 5.56 Å². The summed E-state index contributed by atoms with van der Waals surface area (Å²) in [5.41, 5.74) is 0.413. The number of aromatic nitrogens is 2. The number of carbonyl (C=O) groups is 1. The molecule has 9 heteroatoms. The lowest BCUT2D eigenvalue weighted by molar-refractivity contribution is -0.119. The monoisotopic (exact) mass is 399 g/mol. The summed E-state index contributed by atoms with van der Waals surface area (Å²) >= 11 is 0. The minimum absolute atomic E-state index is 0.128. The van der Waals surface area contributed by atoms with Crippen molar-refractivity contribution in [1.82, 2.24) is 9.78 Å². The molecule has 0 radical (unpaired) electrons. The quantitative estimate of drug-likeness (QED) is 0.729. The first-order valence-electron chi connectivity index (χ1n) is 8.68. The summed E-state index contributed by atoms with van der Waals surface area (Å²) in [4.78, 5) is 24.7. The van der Waals surface area contributed by atoms with Crippen LogP contribution in [-0.2, 0) is 4.79 Å². The molecule has 2 heterocycles. The molecule has 1 N–H and O–H groups in total. The van der Waals surface area contributed by atoms with Crippen LogP contribution in [0, 0.1) is 11.6 Å². The van der Waals surface area contributed by atoms with Crippen LogP contribution in [-0.4, -0.2) is 22.5 Å².